The highest BCUT2D eigenvalue weighted by Crippen LogP contribution is 2.51. The van der Waals surface area contributed by atoms with Crippen molar-refractivity contribution >= 4 is 11.5 Å². The van der Waals surface area contributed by atoms with Crippen molar-refractivity contribution in [1.29, 1.82) is 0 Å². The SMILES string of the molecule is COc1ccc(C2CC(=O)C3=C(C2)Nc2cc4c(cc2C3c2ccc(F)cc2)OCO4)cc1OC. The lowest BCUT2D eigenvalue weighted by Gasteiger charge is -2.37. The predicted molar refractivity (Wildman–Crippen MR) is 128 cm³/mol. The van der Waals surface area contributed by atoms with Gasteiger partial charge >= 0.3 is 0 Å². The lowest BCUT2D eigenvalue weighted by atomic mass is 9.72. The Morgan fingerprint density at radius 2 is 1.60 bits per heavy atom. The van der Waals surface area contributed by atoms with Crippen molar-refractivity contribution in [3.63, 3.8) is 0 Å². The van der Waals surface area contributed by atoms with E-state index in [0.29, 0.717) is 35.8 Å². The van der Waals surface area contributed by atoms with Gasteiger partial charge in [-0.2, -0.15) is 0 Å². The number of allylic oxidation sites excluding steroid dienone is 2. The summed E-state index contributed by atoms with van der Waals surface area (Å²) in [6, 6.07) is 16.0. The molecule has 7 heteroatoms. The number of rotatable bonds is 4. The number of carbonyl (C=O) groups excluding carboxylic acids is 1. The summed E-state index contributed by atoms with van der Waals surface area (Å²) in [5.41, 5.74) is 5.25. The second kappa shape index (κ2) is 8.34. The van der Waals surface area contributed by atoms with Gasteiger partial charge in [-0.25, -0.2) is 4.39 Å². The first-order valence-electron chi connectivity index (χ1n) is 11.5. The molecule has 6 rings (SSSR count). The molecule has 0 spiro atoms. The van der Waals surface area contributed by atoms with Gasteiger partial charge in [0.2, 0.25) is 6.79 Å². The normalized spacial score (nSPS) is 20.1. The monoisotopic (exact) mass is 473 g/mol. The average Bonchev–Trinajstić information content (AvgIpc) is 3.33. The second-order valence-corrected chi connectivity index (χ2v) is 8.94. The number of benzene rings is 3. The van der Waals surface area contributed by atoms with E-state index in [1.165, 1.54) is 12.1 Å². The minimum atomic E-state index is -0.324. The molecule has 1 N–H and O–H groups in total. The topological polar surface area (TPSA) is 66.0 Å². The van der Waals surface area contributed by atoms with E-state index < -0.39 is 0 Å². The van der Waals surface area contributed by atoms with E-state index in [1.807, 2.05) is 30.3 Å². The number of fused-ring (bicyclic) bond motifs is 2. The van der Waals surface area contributed by atoms with Crippen LogP contribution in [0.5, 0.6) is 23.0 Å². The van der Waals surface area contributed by atoms with E-state index in [-0.39, 0.29) is 30.2 Å². The molecule has 1 aliphatic carbocycles. The van der Waals surface area contributed by atoms with Gasteiger partial charge in [0.15, 0.2) is 28.8 Å². The van der Waals surface area contributed by atoms with Gasteiger partial charge in [0.05, 0.1) is 14.2 Å². The molecule has 178 valence electrons. The number of carbonyl (C=O) groups is 1. The maximum Gasteiger partial charge on any atom is 0.231 e. The first kappa shape index (κ1) is 21.5. The molecular formula is C28H24FNO5. The van der Waals surface area contributed by atoms with E-state index >= 15 is 0 Å². The third-order valence-electron chi connectivity index (χ3n) is 7.02. The fourth-order valence-electron chi connectivity index (χ4n) is 5.35. The molecule has 0 radical (unpaired) electrons. The first-order chi connectivity index (χ1) is 17.1. The summed E-state index contributed by atoms with van der Waals surface area (Å²) in [5, 5.41) is 3.51. The van der Waals surface area contributed by atoms with Crippen LogP contribution in [-0.4, -0.2) is 26.8 Å². The molecule has 0 fully saturated rings. The number of hydrogen-bond donors (Lipinski definition) is 1. The Labute approximate surface area is 202 Å². The van der Waals surface area contributed by atoms with Crippen molar-refractivity contribution in [2.75, 3.05) is 26.3 Å². The third kappa shape index (κ3) is 3.58. The van der Waals surface area contributed by atoms with Crippen LogP contribution in [0.25, 0.3) is 0 Å². The van der Waals surface area contributed by atoms with Crippen LogP contribution in [-0.2, 0) is 4.79 Å². The molecule has 0 aromatic heterocycles. The van der Waals surface area contributed by atoms with Crippen LogP contribution in [0.3, 0.4) is 0 Å². The van der Waals surface area contributed by atoms with Crippen LogP contribution in [0, 0.1) is 5.82 Å². The van der Waals surface area contributed by atoms with Crippen molar-refractivity contribution in [2.45, 2.75) is 24.7 Å². The Balaban J connectivity index is 1.44. The molecule has 3 aromatic carbocycles. The van der Waals surface area contributed by atoms with Gasteiger partial charge < -0.3 is 24.3 Å². The van der Waals surface area contributed by atoms with Crippen molar-refractivity contribution in [3.8, 4) is 23.0 Å². The Morgan fingerprint density at radius 3 is 2.34 bits per heavy atom. The van der Waals surface area contributed by atoms with E-state index in [0.717, 1.165) is 33.6 Å². The summed E-state index contributed by atoms with van der Waals surface area (Å²) in [7, 11) is 3.20. The molecule has 3 aliphatic rings. The first-order valence-corrected chi connectivity index (χ1v) is 11.5. The average molecular weight is 474 g/mol. The van der Waals surface area contributed by atoms with Crippen LogP contribution >= 0.6 is 0 Å². The predicted octanol–water partition coefficient (Wildman–Crippen LogP) is 5.53. The minimum absolute atomic E-state index is 0.0158. The molecule has 2 unspecified atom stereocenters. The van der Waals surface area contributed by atoms with E-state index in [9.17, 15) is 9.18 Å². The number of methoxy groups -OCH3 is 2. The van der Waals surface area contributed by atoms with Crippen LogP contribution in [0.4, 0.5) is 10.1 Å². The molecule has 2 heterocycles. The fourth-order valence-corrected chi connectivity index (χ4v) is 5.35. The zero-order valence-corrected chi connectivity index (χ0v) is 19.4. The van der Waals surface area contributed by atoms with Crippen molar-refractivity contribution in [3.05, 3.63) is 88.4 Å². The third-order valence-corrected chi connectivity index (χ3v) is 7.02. The summed E-state index contributed by atoms with van der Waals surface area (Å²) in [6.45, 7) is 0.160. The zero-order chi connectivity index (χ0) is 24.1. The van der Waals surface area contributed by atoms with E-state index in [4.69, 9.17) is 18.9 Å². The summed E-state index contributed by atoms with van der Waals surface area (Å²) in [5.74, 6) is 2.01. The molecule has 0 bridgehead atoms. The quantitative estimate of drug-likeness (QED) is 0.538. The Kier molecular flexibility index (Phi) is 5.13. The van der Waals surface area contributed by atoms with Gasteiger partial charge in [0, 0.05) is 35.4 Å². The van der Waals surface area contributed by atoms with Crippen molar-refractivity contribution in [2.24, 2.45) is 0 Å². The molecule has 2 aliphatic heterocycles. The van der Waals surface area contributed by atoms with Gasteiger partial charge in [-0.1, -0.05) is 18.2 Å². The number of ketones is 1. The number of hydrogen-bond acceptors (Lipinski definition) is 6. The number of halogens is 1. The fraction of sp³-hybridized carbons (Fsp3) is 0.250. The molecule has 2 atom stereocenters. The summed E-state index contributed by atoms with van der Waals surface area (Å²) in [6.07, 6.45) is 1.02. The molecule has 3 aromatic rings. The molecular weight excluding hydrogens is 449 g/mol. The second-order valence-electron chi connectivity index (χ2n) is 8.94. The largest absolute Gasteiger partial charge is 0.493 e. The number of Topliss-reactive ketones (excluding diaryl/α,β-unsaturated/α-hetero) is 1. The summed E-state index contributed by atoms with van der Waals surface area (Å²) < 4.78 is 35.8. The van der Waals surface area contributed by atoms with Crippen LogP contribution < -0.4 is 24.3 Å². The van der Waals surface area contributed by atoms with Crippen LogP contribution in [0.2, 0.25) is 0 Å². The van der Waals surface area contributed by atoms with Crippen molar-refractivity contribution in [1.82, 2.24) is 0 Å². The Hall–Kier alpha value is -4.00. The number of anilines is 1. The lowest BCUT2D eigenvalue weighted by Crippen LogP contribution is -2.29. The standard InChI is InChI=1S/C28H24FNO5/c1-32-23-8-5-16(11-24(23)33-2)17-9-21-28(22(31)10-17)27(15-3-6-18(29)7-4-15)19-12-25-26(35-14-34-25)13-20(19)30-21/h3-8,11-13,17,27,30H,9-10,14H2,1-2H3. The molecule has 35 heavy (non-hydrogen) atoms. The van der Waals surface area contributed by atoms with Gasteiger partial charge in [0.1, 0.15) is 5.82 Å². The van der Waals surface area contributed by atoms with E-state index in [1.54, 1.807) is 26.4 Å². The maximum atomic E-state index is 13.7. The lowest BCUT2D eigenvalue weighted by molar-refractivity contribution is -0.116. The number of ether oxygens (including phenoxy) is 4. The molecule has 0 saturated carbocycles. The van der Waals surface area contributed by atoms with Gasteiger partial charge in [-0.3, -0.25) is 4.79 Å². The highest BCUT2D eigenvalue weighted by Gasteiger charge is 2.39. The smallest absolute Gasteiger partial charge is 0.231 e. The zero-order valence-electron chi connectivity index (χ0n) is 19.4. The van der Waals surface area contributed by atoms with E-state index in [2.05, 4.69) is 5.32 Å². The molecule has 0 saturated heterocycles. The highest BCUT2D eigenvalue weighted by molar-refractivity contribution is 6.02. The maximum absolute atomic E-state index is 13.7. The molecule has 6 nitrogen and oxygen atoms in total. The Morgan fingerprint density at radius 1 is 0.886 bits per heavy atom. The minimum Gasteiger partial charge on any atom is -0.493 e. The number of nitrogens with one attached hydrogen (secondary N) is 1. The summed E-state index contributed by atoms with van der Waals surface area (Å²) >= 11 is 0. The summed E-state index contributed by atoms with van der Waals surface area (Å²) in [4.78, 5) is 13.7. The Bertz CT molecular complexity index is 1360. The van der Waals surface area contributed by atoms with Gasteiger partial charge in [0.25, 0.3) is 0 Å². The van der Waals surface area contributed by atoms with Crippen LogP contribution in [0.1, 0.15) is 41.4 Å². The van der Waals surface area contributed by atoms with Gasteiger partial charge in [-0.15, -0.1) is 0 Å². The van der Waals surface area contributed by atoms with Gasteiger partial charge in [-0.05, 0) is 59.4 Å². The molecule has 0 amide bonds. The van der Waals surface area contributed by atoms with Crippen molar-refractivity contribution < 1.29 is 28.1 Å². The highest BCUT2D eigenvalue weighted by atomic mass is 19.1. The van der Waals surface area contributed by atoms with Crippen LogP contribution in [0.15, 0.2) is 65.9 Å².